The normalized spacial score (nSPS) is 12.5. The average Bonchev–Trinajstić information content (AvgIpc) is 2.56. The van der Waals surface area contributed by atoms with Crippen molar-refractivity contribution in [1.29, 1.82) is 0 Å². The summed E-state index contributed by atoms with van der Waals surface area (Å²) in [6.07, 6.45) is 1.68. The topological polar surface area (TPSA) is 42.7 Å². The number of nitrogens with zero attached hydrogens (tertiary/aromatic N) is 3. The van der Waals surface area contributed by atoms with Crippen molar-refractivity contribution in [3.05, 3.63) is 40.4 Å². The molecule has 2 aromatic rings. The molecule has 0 saturated carbocycles. The smallest absolute Gasteiger partial charge is 0.152 e. The number of halogens is 1. The minimum atomic E-state index is 0.139. The second kappa shape index (κ2) is 4.98. The first-order valence-electron chi connectivity index (χ1n) is 5.88. The van der Waals surface area contributed by atoms with Crippen molar-refractivity contribution in [2.24, 2.45) is 7.05 Å². The third-order valence-corrected chi connectivity index (χ3v) is 3.43. The van der Waals surface area contributed by atoms with E-state index in [0.717, 1.165) is 17.1 Å². The average molecular weight is 265 g/mol. The highest BCUT2D eigenvalue weighted by molar-refractivity contribution is 6.31. The lowest BCUT2D eigenvalue weighted by Crippen LogP contribution is -2.09. The maximum absolute atomic E-state index is 6.05. The zero-order chi connectivity index (χ0) is 13.3. The molecule has 0 aromatic carbocycles. The van der Waals surface area contributed by atoms with E-state index in [9.17, 15) is 0 Å². The van der Waals surface area contributed by atoms with Crippen molar-refractivity contribution in [3.8, 4) is 0 Å². The van der Waals surface area contributed by atoms with Gasteiger partial charge in [-0.1, -0.05) is 11.6 Å². The largest absolute Gasteiger partial charge is 0.376 e. The predicted molar refractivity (Wildman–Crippen MR) is 74.0 cm³/mol. The number of nitrogens with one attached hydrogen (secondary N) is 1. The van der Waals surface area contributed by atoms with Crippen molar-refractivity contribution in [1.82, 2.24) is 14.8 Å². The van der Waals surface area contributed by atoms with Crippen LogP contribution in [0.4, 0.5) is 5.69 Å². The molecule has 2 aromatic heterocycles. The first-order chi connectivity index (χ1) is 8.50. The van der Waals surface area contributed by atoms with Gasteiger partial charge in [0.1, 0.15) is 0 Å². The summed E-state index contributed by atoms with van der Waals surface area (Å²) in [7, 11) is 1.95. The van der Waals surface area contributed by atoms with Gasteiger partial charge in [0.25, 0.3) is 0 Å². The number of anilines is 1. The first kappa shape index (κ1) is 12.9. The summed E-state index contributed by atoms with van der Waals surface area (Å²) in [6.45, 7) is 6.18. The van der Waals surface area contributed by atoms with Gasteiger partial charge in [-0.2, -0.15) is 5.10 Å². The number of aryl methyl sites for hydroxylation is 2. The van der Waals surface area contributed by atoms with E-state index in [-0.39, 0.29) is 6.04 Å². The summed E-state index contributed by atoms with van der Waals surface area (Å²) in [5.74, 6) is 0. The van der Waals surface area contributed by atoms with Crippen LogP contribution in [0.15, 0.2) is 18.3 Å². The standard InChI is InChI=1S/C13H17ClN4/c1-8(12-9(2)17-18(4)10(12)3)16-11-6-5-7-15-13(11)14/h5-8,16H,1-4H3. The molecule has 5 heteroatoms. The molecule has 2 heterocycles. The van der Waals surface area contributed by atoms with Gasteiger partial charge in [0.15, 0.2) is 5.15 Å². The summed E-state index contributed by atoms with van der Waals surface area (Å²) in [6, 6.07) is 3.93. The molecule has 0 aliphatic heterocycles. The SMILES string of the molecule is Cc1nn(C)c(C)c1C(C)Nc1cccnc1Cl. The number of rotatable bonds is 3. The fourth-order valence-corrected chi connectivity index (χ4v) is 2.39. The highest BCUT2D eigenvalue weighted by atomic mass is 35.5. The van der Waals surface area contributed by atoms with E-state index < -0.39 is 0 Å². The number of hydrogen-bond acceptors (Lipinski definition) is 3. The van der Waals surface area contributed by atoms with E-state index >= 15 is 0 Å². The van der Waals surface area contributed by atoms with Crippen LogP contribution in [-0.4, -0.2) is 14.8 Å². The second-order valence-electron chi connectivity index (χ2n) is 4.42. The molecule has 0 bridgehead atoms. The molecule has 96 valence electrons. The Labute approximate surface area is 112 Å². The summed E-state index contributed by atoms with van der Waals surface area (Å²) in [4.78, 5) is 4.06. The van der Waals surface area contributed by atoms with Crippen LogP contribution in [-0.2, 0) is 7.05 Å². The number of pyridine rings is 1. The van der Waals surface area contributed by atoms with Crippen molar-refractivity contribution < 1.29 is 0 Å². The molecule has 1 N–H and O–H groups in total. The highest BCUT2D eigenvalue weighted by Gasteiger charge is 2.16. The lowest BCUT2D eigenvalue weighted by atomic mass is 10.1. The fourth-order valence-electron chi connectivity index (χ4n) is 2.22. The predicted octanol–water partition coefficient (Wildman–Crippen LogP) is 3.26. The molecule has 0 amide bonds. The van der Waals surface area contributed by atoms with Gasteiger partial charge in [0.2, 0.25) is 0 Å². The van der Waals surface area contributed by atoms with E-state index in [1.54, 1.807) is 6.20 Å². The Kier molecular flexibility index (Phi) is 3.57. The van der Waals surface area contributed by atoms with Gasteiger partial charge >= 0.3 is 0 Å². The zero-order valence-corrected chi connectivity index (χ0v) is 11.8. The minimum Gasteiger partial charge on any atom is -0.376 e. The molecule has 0 saturated heterocycles. The van der Waals surface area contributed by atoms with Crippen LogP contribution in [0.5, 0.6) is 0 Å². The molecular formula is C13H17ClN4. The molecule has 0 aliphatic rings. The summed E-state index contributed by atoms with van der Waals surface area (Å²) >= 11 is 6.05. The first-order valence-corrected chi connectivity index (χ1v) is 6.25. The lowest BCUT2D eigenvalue weighted by molar-refractivity contribution is 0.728. The van der Waals surface area contributed by atoms with Crippen molar-refractivity contribution >= 4 is 17.3 Å². The van der Waals surface area contributed by atoms with E-state index in [1.807, 2.05) is 30.8 Å². The monoisotopic (exact) mass is 264 g/mol. The van der Waals surface area contributed by atoms with Gasteiger partial charge in [0, 0.05) is 24.5 Å². The molecule has 18 heavy (non-hydrogen) atoms. The molecule has 2 rings (SSSR count). The second-order valence-corrected chi connectivity index (χ2v) is 4.77. The molecule has 1 unspecified atom stereocenters. The van der Waals surface area contributed by atoms with Gasteiger partial charge in [-0.25, -0.2) is 4.98 Å². The number of aromatic nitrogens is 3. The van der Waals surface area contributed by atoms with Crippen LogP contribution in [0.3, 0.4) is 0 Å². The Morgan fingerprint density at radius 1 is 1.39 bits per heavy atom. The Balaban J connectivity index is 2.28. The van der Waals surface area contributed by atoms with Crippen LogP contribution < -0.4 is 5.32 Å². The van der Waals surface area contributed by atoms with Gasteiger partial charge in [-0.05, 0) is 32.9 Å². The van der Waals surface area contributed by atoms with Crippen molar-refractivity contribution in [2.75, 3.05) is 5.32 Å². The van der Waals surface area contributed by atoms with Crippen molar-refractivity contribution in [3.63, 3.8) is 0 Å². The summed E-state index contributed by atoms with van der Waals surface area (Å²) in [5, 5.41) is 8.29. The fraction of sp³-hybridized carbons (Fsp3) is 0.385. The summed E-state index contributed by atoms with van der Waals surface area (Å²) < 4.78 is 1.90. The van der Waals surface area contributed by atoms with E-state index in [1.165, 1.54) is 5.56 Å². The van der Waals surface area contributed by atoms with Gasteiger partial charge < -0.3 is 5.32 Å². The number of hydrogen-bond donors (Lipinski definition) is 1. The molecular weight excluding hydrogens is 248 g/mol. The van der Waals surface area contributed by atoms with Crippen LogP contribution >= 0.6 is 11.6 Å². The molecule has 0 aliphatic carbocycles. The maximum Gasteiger partial charge on any atom is 0.152 e. The highest BCUT2D eigenvalue weighted by Crippen LogP contribution is 2.27. The molecule has 0 radical (unpaired) electrons. The lowest BCUT2D eigenvalue weighted by Gasteiger charge is -2.16. The van der Waals surface area contributed by atoms with Crippen LogP contribution in [0.1, 0.15) is 29.9 Å². The Hall–Kier alpha value is -1.55. The zero-order valence-electron chi connectivity index (χ0n) is 11.0. The quantitative estimate of drug-likeness (QED) is 0.866. The van der Waals surface area contributed by atoms with Crippen LogP contribution in [0.2, 0.25) is 5.15 Å². The van der Waals surface area contributed by atoms with E-state index in [2.05, 4.69) is 29.2 Å². The molecule has 0 fully saturated rings. The van der Waals surface area contributed by atoms with Gasteiger partial charge in [-0.3, -0.25) is 4.68 Å². The van der Waals surface area contributed by atoms with Crippen LogP contribution in [0, 0.1) is 13.8 Å². The van der Waals surface area contributed by atoms with E-state index in [0.29, 0.717) is 5.15 Å². The third-order valence-electron chi connectivity index (χ3n) is 3.13. The Morgan fingerprint density at radius 3 is 2.67 bits per heavy atom. The molecule has 0 spiro atoms. The van der Waals surface area contributed by atoms with E-state index in [4.69, 9.17) is 11.6 Å². The van der Waals surface area contributed by atoms with Gasteiger partial charge in [0.05, 0.1) is 17.4 Å². The Bertz CT molecular complexity index is 562. The molecule has 4 nitrogen and oxygen atoms in total. The third kappa shape index (κ3) is 2.34. The Morgan fingerprint density at radius 2 is 2.11 bits per heavy atom. The summed E-state index contributed by atoms with van der Waals surface area (Å²) in [5.41, 5.74) is 4.24. The van der Waals surface area contributed by atoms with Crippen molar-refractivity contribution in [2.45, 2.75) is 26.8 Å². The maximum atomic E-state index is 6.05. The minimum absolute atomic E-state index is 0.139. The molecule has 1 atom stereocenters. The van der Waals surface area contributed by atoms with Crippen LogP contribution in [0.25, 0.3) is 0 Å². The van der Waals surface area contributed by atoms with Gasteiger partial charge in [-0.15, -0.1) is 0 Å².